The molecule has 0 fully saturated rings. The van der Waals surface area contributed by atoms with Gasteiger partial charge in [0.25, 0.3) is 11.7 Å². The van der Waals surface area contributed by atoms with Gasteiger partial charge in [-0.05, 0) is 42.8 Å². The number of amides is 1. The van der Waals surface area contributed by atoms with Gasteiger partial charge in [0.2, 0.25) is 5.95 Å². The summed E-state index contributed by atoms with van der Waals surface area (Å²) >= 11 is 6.03. The van der Waals surface area contributed by atoms with Gasteiger partial charge in [-0.1, -0.05) is 23.7 Å². The number of allylic oxidation sites excluding steroid dienone is 1. The lowest BCUT2D eigenvalue weighted by molar-refractivity contribution is -0.145. The van der Waals surface area contributed by atoms with E-state index in [4.69, 9.17) is 21.1 Å². The van der Waals surface area contributed by atoms with Crippen LogP contribution in [0.1, 0.15) is 30.8 Å². The molecule has 2 N–H and O–H groups in total. The molecule has 182 valence electrons. The molecule has 0 aliphatic carbocycles. The quantitative estimate of drug-likeness (QED) is 0.518. The molecule has 0 spiro atoms. The van der Waals surface area contributed by atoms with Gasteiger partial charge in [0.05, 0.1) is 18.8 Å². The maximum atomic E-state index is 13.4. The largest absolute Gasteiger partial charge is 0.490 e. The third-order valence-electron chi connectivity index (χ3n) is 5.52. The third-order valence-corrected chi connectivity index (χ3v) is 5.76. The molecule has 3 heterocycles. The Bertz CT molecular complexity index is 1340. The highest BCUT2D eigenvalue weighted by Crippen LogP contribution is 2.41. The number of hydrogen-bond donors (Lipinski definition) is 2. The minimum absolute atomic E-state index is 0.133. The minimum atomic E-state index is -4.77. The highest BCUT2D eigenvalue weighted by Gasteiger charge is 2.41. The second-order valence-electron chi connectivity index (χ2n) is 7.99. The summed E-state index contributed by atoms with van der Waals surface area (Å²) in [6.07, 6.45) is -4.08. The van der Waals surface area contributed by atoms with E-state index in [1.807, 2.05) is 0 Å². The number of aromatic nitrogens is 3. The number of fused-ring (bicyclic) bond motifs is 2. The van der Waals surface area contributed by atoms with Gasteiger partial charge in [-0.2, -0.15) is 18.2 Å². The fourth-order valence-electron chi connectivity index (χ4n) is 3.99. The van der Waals surface area contributed by atoms with Gasteiger partial charge in [0.1, 0.15) is 6.04 Å². The highest BCUT2D eigenvalue weighted by atomic mass is 35.5. The smallest absolute Gasteiger partial charge is 0.453 e. The van der Waals surface area contributed by atoms with Crippen molar-refractivity contribution in [1.82, 2.24) is 14.8 Å². The van der Waals surface area contributed by atoms with Crippen molar-refractivity contribution in [2.45, 2.75) is 25.6 Å². The van der Waals surface area contributed by atoms with Crippen molar-refractivity contribution in [3.05, 3.63) is 70.1 Å². The summed E-state index contributed by atoms with van der Waals surface area (Å²) in [6, 6.07) is 10.5. The first kappa shape index (κ1) is 23.0. The van der Waals surface area contributed by atoms with Crippen molar-refractivity contribution in [3.8, 4) is 11.5 Å². The molecule has 2 aliphatic rings. The first-order chi connectivity index (χ1) is 16.7. The Morgan fingerprint density at radius 3 is 2.69 bits per heavy atom. The normalized spacial score (nSPS) is 17.3. The van der Waals surface area contributed by atoms with E-state index in [1.165, 1.54) is 0 Å². The molecule has 2 aromatic carbocycles. The van der Waals surface area contributed by atoms with Crippen LogP contribution in [0.15, 0.2) is 53.7 Å². The van der Waals surface area contributed by atoms with Crippen molar-refractivity contribution in [3.63, 3.8) is 0 Å². The second kappa shape index (κ2) is 8.81. The van der Waals surface area contributed by atoms with Gasteiger partial charge in [-0.25, -0.2) is 4.68 Å². The van der Waals surface area contributed by atoms with Gasteiger partial charge >= 0.3 is 6.18 Å². The van der Waals surface area contributed by atoms with Crippen molar-refractivity contribution in [2.75, 3.05) is 23.8 Å². The zero-order valence-electron chi connectivity index (χ0n) is 18.3. The zero-order chi connectivity index (χ0) is 24.7. The second-order valence-corrected chi connectivity index (χ2v) is 8.43. The molecule has 3 aromatic rings. The topological polar surface area (TPSA) is 90.3 Å². The lowest BCUT2D eigenvalue weighted by atomic mass is 9.94. The Kier molecular flexibility index (Phi) is 5.79. The molecule has 1 unspecified atom stereocenters. The van der Waals surface area contributed by atoms with Crippen molar-refractivity contribution >= 4 is 29.1 Å². The fraction of sp³-hybridized carbons (Fsp3) is 0.261. The average molecular weight is 506 g/mol. The number of carbonyl (C=O) groups excluding carboxylic acids is 1. The Labute approximate surface area is 202 Å². The molecule has 1 atom stereocenters. The molecule has 1 amide bonds. The molecular formula is C23H19ClF3N5O3. The summed E-state index contributed by atoms with van der Waals surface area (Å²) in [5, 5.41) is 9.67. The number of rotatable bonds is 3. The van der Waals surface area contributed by atoms with E-state index in [0.717, 1.165) is 4.68 Å². The summed E-state index contributed by atoms with van der Waals surface area (Å²) in [6.45, 7) is 2.50. The highest BCUT2D eigenvalue weighted by molar-refractivity contribution is 6.31. The molecule has 5 rings (SSSR count). The van der Waals surface area contributed by atoms with Crippen molar-refractivity contribution in [1.29, 1.82) is 0 Å². The standard InChI is InChI=1S/C23H19ClF3N5O3/c1-12-18(20(33)29-15-5-2-4-14(24)11-15)19(32-22(28-12)30-21(31-32)23(25,26)27)13-6-7-16-17(10-13)35-9-3-8-34-16/h2,4-7,10-11,19H,3,8-9H2,1H3,(H,29,33)(H,28,30,31). The van der Waals surface area contributed by atoms with E-state index in [1.54, 1.807) is 49.4 Å². The van der Waals surface area contributed by atoms with Crippen LogP contribution in [0.3, 0.4) is 0 Å². The number of nitrogens with zero attached hydrogens (tertiary/aromatic N) is 3. The summed E-state index contributed by atoms with van der Waals surface area (Å²) in [5.41, 5.74) is 1.40. The number of nitrogens with one attached hydrogen (secondary N) is 2. The SMILES string of the molecule is CC1=C(C(=O)Nc2cccc(Cl)c2)C(c2ccc3c(c2)OCCCO3)n2nc(C(F)(F)F)nc2N1. The predicted octanol–water partition coefficient (Wildman–Crippen LogP) is 5.04. The van der Waals surface area contributed by atoms with Gasteiger partial charge in [0.15, 0.2) is 11.5 Å². The maximum absolute atomic E-state index is 13.4. The van der Waals surface area contributed by atoms with Crippen LogP contribution in [0, 0.1) is 0 Å². The fourth-order valence-corrected chi connectivity index (χ4v) is 4.18. The van der Waals surface area contributed by atoms with Crippen LogP contribution in [0.4, 0.5) is 24.8 Å². The Hall–Kier alpha value is -3.73. The van der Waals surface area contributed by atoms with Crippen molar-refractivity contribution < 1.29 is 27.4 Å². The molecule has 1 aromatic heterocycles. The number of carbonyl (C=O) groups is 1. The Balaban J connectivity index is 1.61. The molecule has 0 radical (unpaired) electrons. The Morgan fingerprint density at radius 2 is 1.94 bits per heavy atom. The van der Waals surface area contributed by atoms with Crippen molar-refractivity contribution in [2.24, 2.45) is 0 Å². The van der Waals surface area contributed by atoms with Crippen LogP contribution in [-0.2, 0) is 11.0 Å². The monoisotopic (exact) mass is 505 g/mol. The third kappa shape index (κ3) is 4.51. The lowest BCUT2D eigenvalue weighted by Gasteiger charge is -2.29. The predicted molar refractivity (Wildman–Crippen MR) is 122 cm³/mol. The summed E-state index contributed by atoms with van der Waals surface area (Å²) < 4.78 is 52.8. The van der Waals surface area contributed by atoms with Crippen LogP contribution in [0.25, 0.3) is 0 Å². The number of anilines is 2. The number of alkyl halides is 3. The first-order valence-electron chi connectivity index (χ1n) is 10.7. The van der Waals surface area contributed by atoms with Crippen LogP contribution < -0.4 is 20.1 Å². The lowest BCUT2D eigenvalue weighted by Crippen LogP contribution is -2.31. The molecular weight excluding hydrogens is 487 g/mol. The average Bonchev–Trinajstić information content (AvgIpc) is 3.09. The number of ether oxygens (including phenoxy) is 2. The van der Waals surface area contributed by atoms with Crippen LogP contribution in [0.5, 0.6) is 11.5 Å². The van der Waals surface area contributed by atoms with Gasteiger partial charge in [-0.3, -0.25) is 4.79 Å². The van der Waals surface area contributed by atoms with E-state index < -0.39 is 23.9 Å². The minimum Gasteiger partial charge on any atom is -0.490 e. The maximum Gasteiger partial charge on any atom is 0.453 e. The van der Waals surface area contributed by atoms with E-state index in [-0.39, 0.29) is 11.5 Å². The zero-order valence-corrected chi connectivity index (χ0v) is 19.1. The number of halogens is 4. The summed E-state index contributed by atoms with van der Waals surface area (Å²) in [5.74, 6) is -1.04. The Morgan fingerprint density at radius 1 is 1.17 bits per heavy atom. The van der Waals surface area contributed by atoms with Gasteiger partial charge in [0, 0.05) is 22.8 Å². The van der Waals surface area contributed by atoms with E-state index >= 15 is 0 Å². The number of benzene rings is 2. The van der Waals surface area contributed by atoms with Crippen LogP contribution in [-0.4, -0.2) is 33.9 Å². The number of hydrogen-bond acceptors (Lipinski definition) is 6. The van der Waals surface area contributed by atoms with E-state index in [9.17, 15) is 18.0 Å². The first-order valence-corrected chi connectivity index (χ1v) is 11.1. The van der Waals surface area contributed by atoms with E-state index in [2.05, 4.69) is 20.7 Å². The van der Waals surface area contributed by atoms with Gasteiger partial charge in [-0.15, -0.1) is 5.10 Å². The summed E-state index contributed by atoms with van der Waals surface area (Å²) in [4.78, 5) is 17.1. The van der Waals surface area contributed by atoms with Crippen LogP contribution >= 0.6 is 11.6 Å². The van der Waals surface area contributed by atoms with Crippen LogP contribution in [0.2, 0.25) is 5.02 Å². The molecule has 35 heavy (non-hydrogen) atoms. The molecule has 12 heteroatoms. The van der Waals surface area contributed by atoms with E-state index in [0.29, 0.717) is 53.1 Å². The van der Waals surface area contributed by atoms with Gasteiger partial charge < -0.3 is 20.1 Å². The molecule has 0 saturated carbocycles. The molecule has 0 saturated heterocycles. The summed E-state index contributed by atoms with van der Waals surface area (Å²) in [7, 11) is 0. The molecule has 8 nitrogen and oxygen atoms in total. The molecule has 0 bridgehead atoms. The molecule has 2 aliphatic heterocycles.